The summed E-state index contributed by atoms with van der Waals surface area (Å²) in [7, 11) is 1.93. The van der Waals surface area contributed by atoms with Gasteiger partial charge in [-0.3, -0.25) is 0 Å². The summed E-state index contributed by atoms with van der Waals surface area (Å²) in [5, 5.41) is 3.53. The topological polar surface area (TPSA) is 12.0 Å². The van der Waals surface area contributed by atoms with Crippen molar-refractivity contribution >= 4 is 11.6 Å². The van der Waals surface area contributed by atoms with E-state index in [1.807, 2.05) is 13.1 Å². The highest BCUT2D eigenvalue weighted by Gasteiger charge is 2.13. The van der Waals surface area contributed by atoms with E-state index in [0.29, 0.717) is 6.42 Å². The van der Waals surface area contributed by atoms with E-state index < -0.39 is 0 Å². The van der Waals surface area contributed by atoms with Gasteiger partial charge in [0.25, 0.3) is 0 Å². The van der Waals surface area contributed by atoms with Crippen LogP contribution in [0.15, 0.2) is 36.4 Å². The molecule has 3 heteroatoms. The highest BCUT2D eigenvalue weighted by Crippen LogP contribution is 2.22. The van der Waals surface area contributed by atoms with Crippen molar-refractivity contribution in [2.45, 2.75) is 32.7 Å². The van der Waals surface area contributed by atoms with Crippen molar-refractivity contribution in [2.24, 2.45) is 0 Å². The fraction of sp³-hybridized carbons (Fsp3) is 0.333. The van der Waals surface area contributed by atoms with Gasteiger partial charge in [-0.25, -0.2) is 4.39 Å². The normalized spacial score (nSPS) is 12.4. The van der Waals surface area contributed by atoms with Crippen LogP contribution in [0.4, 0.5) is 4.39 Å². The van der Waals surface area contributed by atoms with Gasteiger partial charge in [-0.05, 0) is 62.1 Å². The molecule has 1 unspecified atom stereocenters. The fourth-order valence-electron chi connectivity index (χ4n) is 2.46. The first kappa shape index (κ1) is 16.0. The Bertz CT molecular complexity index is 625. The molecule has 0 radical (unpaired) electrons. The lowest BCUT2D eigenvalue weighted by Crippen LogP contribution is -2.30. The molecule has 0 aliphatic heterocycles. The van der Waals surface area contributed by atoms with Crippen LogP contribution < -0.4 is 5.32 Å². The van der Waals surface area contributed by atoms with Crippen LogP contribution in [0.2, 0.25) is 5.02 Å². The van der Waals surface area contributed by atoms with Gasteiger partial charge >= 0.3 is 0 Å². The molecule has 0 aliphatic rings. The summed E-state index contributed by atoms with van der Waals surface area (Å²) in [5.74, 6) is -0.352. The van der Waals surface area contributed by atoms with E-state index in [0.717, 1.165) is 12.0 Å². The molecule has 0 saturated carbocycles. The molecule has 112 valence electrons. The minimum atomic E-state index is -0.352. The standard InChI is InChI=1S/C18H21ClFN/c1-12-7-8-14(9-13(12)2)10-16(21-3)11-15-5-4-6-17(20)18(15)19/h4-9,16,21H,10-11H2,1-3H3. The number of hydrogen-bond donors (Lipinski definition) is 1. The SMILES string of the molecule is CNC(Cc1ccc(C)c(C)c1)Cc1cccc(F)c1Cl. The van der Waals surface area contributed by atoms with E-state index in [1.54, 1.807) is 6.07 Å². The molecule has 0 spiro atoms. The van der Waals surface area contributed by atoms with E-state index in [2.05, 4.69) is 37.4 Å². The summed E-state index contributed by atoms with van der Waals surface area (Å²) >= 11 is 6.04. The van der Waals surface area contributed by atoms with Crippen molar-refractivity contribution in [2.75, 3.05) is 7.05 Å². The van der Waals surface area contributed by atoms with Gasteiger partial charge in [0.15, 0.2) is 0 Å². The first-order chi connectivity index (χ1) is 10.0. The van der Waals surface area contributed by atoms with Crippen molar-refractivity contribution in [3.63, 3.8) is 0 Å². The van der Waals surface area contributed by atoms with Crippen LogP contribution >= 0.6 is 11.6 Å². The highest BCUT2D eigenvalue weighted by atomic mass is 35.5. The number of hydrogen-bond acceptors (Lipinski definition) is 1. The van der Waals surface area contributed by atoms with Crippen LogP contribution in [0.25, 0.3) is 0 Å². The number of halogens is 2. The Kier molecular flexibility index (Phi) is 5.38. The number of aryl methyl sites for hydroxylation is 2. The van der Waals surface area contributed by atoms with E-state index in [9.17, 15) is 4.39 Å². The average Bonchev–Trinajstić information content (AvgIpc) is 2.47. The minimum absolute atomic E-state index is 0.228. The van der Waals surface area contributed by atoms with E-state index >= 15 is 0 Å². The van der Waals surface area contributed by atoms with Crippen LogP contribution in [0, 0.1) is 19.7 Å². The van der Waals surface area contributed by atoms with Crippen LogP contribution in [0.1, 0.15) is 22.3 Å². The maximum Gasteiger partial charge on any atom is 0.142 e. The van der Waals surface area contributed by atoms with Gasteiger partial charge in [-0.1, -0.05) is 41.9 Å². The molecule has 2 rings (SSSR count). The summed E-state index contributed by atoms with van der Waals surface area (Å²) in [4.78, 5) is 0. The maximum atomic E-state index is 13.5. The molecule has 0 heterocycles. The summed E-state index contributed by atoms with van der Waals surface area (Å²) in [6.45, 7) is 4.23. The lowest BCUT2D eigenvalue weighted by molar-refractivity contribution is 0.553. The zero-order chi connectivity index (χ0) is 15.4. The molecular weight excluding hydrogens is 285 g/mol. The Hall–Kier alpha value is -1.38. The highest BCUT2D eigenvalue weighted by molar-refractivity contribution is 6.31. The predicted molar refractivity (Wildman–Crippen MR) is 87.6 cm³/mol. The Morgan fingerprint density at radius 1 is 1.10 bits per heavy atom. The zero-order valence-corrected chi connectivity index (χ0v) is 13.5. The van der Waals surface area contributed by atoms with E-state index in [-0.39, 0.29) is 16.9 Å². The van der Waals surface area contributed by atoms with Crippen molar-refractivity contribution in [3.8, 4) is 0 Å². The Morgan fingerprint density at radius 3 is 2.52 bits per heavy atom. The number of nitrogens with one attached hydrogen (secondary N) is 1. The summed E-state index contributed by atoms with van der Waals surface area (Å²) in [5.41, 5.74) is 4.73. The maximum absolute atomic E-state index is 13.5. The molecule has 21 heavy (non-hydrogen) atoms. The van der Waals surface area contributed by atoms with Crippen molar-refractivity contribution in [1.29, 1.82) is 0 Å². The average molecular weight is 306 g/mol. The Balaban J connectivity index is 2.13. The van der Waals surface area contributed by atoms with Gasteiger partial charge in [0, 0.05) is 6.04 Å². The third kappa shape index (κ3) is 4.05. The molecule has 0 aromatic heterocycles. The quantitative estimate of drug-likeness (QED) is 0.859. The molecule has 0 amide bonds. The van der Waals surface area contributed by atoms with Crippen LogP contribution in [0.3, 0.4) is 0 Å². The number of likely N-dealkylation sites (N-methyl/N-ethyl adjacent to an activating group) is 1. The molecule has 0 aliphatic carbocycles. The molecule has 1 atom stereocenters. The molecule has 1 nitrogen and oxygen atoms in total. The van der Waals surface area contributed by atoms with E-state index in [4.69, 9.17) is 11.6 Å². The molecule has 0 bridgehead atoms. The minimum Gasteiger partial charge on any atom is -0.316 e. The summed E-state index contributed by atoms with van der Waals surface area (Å²) < 4.78 is 13.5. The lowest BCUT2D eigenvalue weighted by Gasteiger charge is -2.18. The zero-order valence-electron chi connectivity index (χ0n) is 12.7. The van der Waals surface area contributed by atoms with Gasteiger partial charge in [-0.15, -0.1) is 0 Å². The fourth-order valence-corrected chi connectivity index (χ4v) is 2.67. The van der Waals surface area contributed by atoms with Gasteiger partial charge in [0.1, 0.15) is 5.82 Å². The Labute approximate surface area is 131 Å². The van der Waals surface area contributed by atoms with Crippen LogP contribution in [0.5, 0.6) is 0 Å². The monoisotopic (exact) mass is 305 g/mol. The van der Waals surface area contributed by atoms with Crippen molar-refractivity contribution in [1.82, 2.24) is 5.32 Å². The molecule has 2 aromatic rings. The second-order valence-corrected chi connectivity index (χ2v) is 5.90. The third-order valence-corrected chi connectivity index (χ3v) is 4.38. The van der Waals surface area contributed by atoms with Gasteiger partial charge in [0.05, 0.1) is 5.02 Å². The largest absolute Gasteiger partial charge is 0.316 e. The van der Waals surface area contributed by atoms with Crippen molar-refractivity contribution < 1.29 is 4.39 Å². The van der Waals surface area contributed by atoms with Crippen LogP contribution in [-0.2, 0) is 12.8 Å². The first-order valence-corrected chi connectivity index (χ1v) is 7.55. The summed E-state index contributed by atoms with van der Waals surface area (Å²) in [6.07, 6.45) is 1.60. The molecule has 1 N–H and O–H groups in total. The first-order valence-electron chi connectivity index (χ1n) is 7.17. The van der Waals surface area contributed by atoms with E-state index in [1.165, 1.54) is 22.8 Å². The molecule has 0 fully saturated rings. The second-order valence-electron chi connectivity index (χ2n) is 5.53. The predicted octanol–water partition coefficient (Wildman–Crippen LogP) is 4.47. The van der Waals surface area contributed by atoms with Gasteiger partial charge < -0.3 is 5.32 Å². The second kappa shape index (κ2) is 7.06. The van der Waals surface area contributed by atoms with Crippen molar-refractivity contribution in [3.05, 3.63) is 69.5 Å². The van der Waals surface area contributed by atoms with Gasteiger partial charge in [-0.2, -0.15) is 0 Å². The van der Waals surface area contributed by atoms with Crippen LogP contribution in [-0.4, -0.2) is 13.1 Å². The van der Waals surface area contributed by atoms with Gasteiger partial charge in [0.2, 0.25) is 0 Å². The number of benzene rings is 2. The molecule has 2 aromatic carbocycles. The lowest BCUT2D eigenvalue weighted by atomic mass is 9.97. The Morgan fingerprint density at radius 2 is 1.86 bits per heavy atom. The third-order valence-electron chi connectivity index (χ3n) is 3.96. The molecule has 0 saturated heterocycles. The summed E-state index contributed by atoms with van der Waals surface area (Å²) in [6, 6.07) is 11.7. The molecular formula is C18H21ClFN. The smallest absolute Gasteiger partial charge is 0.142 e. The number of rotatable bonds is 5.